The van der Waals surface area contributed by atoms with E-state index in [9.17, 15) is 0 Å². The average Bonchev–Trinajstić information content (AvgIpc) is 2.99. The third-order valence-electron chi connectivity index (χ3n) is 2.99. The minimum atomic E-state index is 0.651. The third kappa shape index (κ3) is 8.36. The van der Waals surface area contributed by atoms with Crippen molar-refractivity contribution >= 4 is 17.3 Å². The number of thiophene rings is 1. The van der Waals surface area contributed by atoms with Crippen molar-refractivity contribution in [2.45, 2.75) is 33.2 Å². The van der Waals surface area contributed by atoms with Crippen molar-refractivity contribution < 1.29 is 9.47 Å². The van der Waals surface area contributed by atoms with Gasteiger partial charge < -0.3 is 20.1 Å². The number of aliphatic imine (C=N–C) groups is 1. The van der Waals surface area contributed by atoms with Gasteiger partial charge in [0.2, 0.25) is 0 Å². The number of nitrogens with one attached hydrogen (secondary N) is 2. The molecule has 22 heavy (non-hydrogen) atoms. The first kappa shape index (κ1) is 18.9. The molecular weight excluding hydrogens is 298 g/mol. The smallest absolute Gasteiger partial charge is 0.191 e. The van der Waals surface area contributed by atoms with Gasteiger partial charge in [0.05, 0.1) is 19.8 Å². The van der Waals surface area contributed by atoms with Crippen LogP contribution in [0.25, 0.3) is 0 Å². The number of methoxy groups -OCH3 is 1. The fourth-order valence-corrected chi connectivity index (χ4v) is 2.70. The molecule has 0 aliphatic carbocycles. The van der Waals surface area contributed by atoms with Gasteiger partial charge in [-0.15, -0.1) is 11.3 Å². The molecule has 1 aromatic heterocycles. The van der Waals surface area contributed by atoms with Gasteiger partial charge in [-0.25, -0.2) is 4.99 Å². The number of hydrogen-bond acceptors (Lipinski definition) is 4. The second kappa shape index (κ2) is 12.4. The van der Waals surface area contributed by atoms with Crippen LogP contribution in [0.1, 0.15) is 30.0 Å². The normalized spacial score (nSPS) is 11.7. The van der Waals surface area contributed by atoms with E-state index in [1.807, 2.05) is 11.3 Å². The quantitative estimate of drug-likeness (QED) is 0.372. The summed E-state index contributed by atoms with van der Waals surface area (Å²) in [5.74, 6) is 0.867. The van der Waals surface area contributed by atoms with Gasteiger partial charge in [-0.1, -0.05) is 6.92 Å². The summed E-state index contributed by atoms with van der Waals surface area (Å²) in [5.41, 5.74) is 0. The van der Waals surface area contributed by atoms with Gasteiger partial charge in [0, 0.05) is 36.6 Å². The number of guanidine groups is 1. The van der Waals surface area contributed by atoms with Crippen LogP contribution in [0.2, 0.25) is 0 Å². The van der Waals surface area contributed by atoms with E-state index >= 15 is 0 Å². The predicted octanol–water partition coefficient (Wildman–Crippen LogP) is 2.42. The summed E-state index contributed by atoms with van der Waals surface area (Å²) in [6.45, 7) is 8.74. The summed E-state index contributed by atoms with van der Waals surface area (Å²) in [5, 5.41) is 6.60. The molecular formula is C16H29N3O2S. The number of rotatable bonds is 11. The Hall–Kier alpha value is -1.11. The van der Waals surface area contributed by atoms with Crippen LogP contribution in [-0.2, 0) is 22.4 Å². The van der Waals surface area contributed by atoms with Crippen LogP contribution in [0.15, 0.2) is 17.1 Å². The van der Waals surface area contributed by atoms with Crippen molar-refractivity contribution in [3.63, 3.8) is 0 Å². The van der Waals surface area contributed by atoms with E-state index in [2.05, 4.69) is 41.6 Å². The van der Waals surface area contributed by atoms with E-state index < -0.39 is 0 Å². The largest absolute Gasteiger partial charge is 0.382 e. The van der Waals surface area contributed by atoms with Crippen LogP contribution in [0.4, 0.5) is 0 Å². The van der Waals surface area contributed by atoms with Crippen molar-refractivity contribution in [3.05, 3.63) is 21.9 Å². The van der Waals surface area contributed by atoms with E-state index in [1.165, 1.54) is 9.75 Å². The first-order valence-corrected chi connectivity index (χ1v) is 8.78. The number of nitrogens with zero attached hydrogens (tertiary/aromatic N) is 1. The molecule has 0 amide bonds. The number of hydrogen-bond donors (Lipinski definition) is 2. The van der Waals surface area contributed by atoms with E-state index in [1.54, 1.807) is 7.11 Å². The molecule has 0 atom stereocenters. The van der Waals surface area contributed by atoms with Crippen molar-refractivity contribution in [3.8, 4) is 0 Å². The minimum Gasteiger partial charge on any atom is -0.382 e. The van der Waals surface area contributed by atoms with E-state index in [0.717, 1.165) is 45.0 Å². The molecule has 0 aromatic carbocycles. The molecule has 0 saturated heterocycles. The highest BCUT2D eigenvalue weighted by molar-refractivity contribution is 7.11. The lowest BCUT2D eigenvalue weighted by atomic mass is 10.4. The molecule has 0 aliphatic rings. The van der Waals surface area contributed by atoms with Crippen LogP contribution < -0.4 is 10.6 Å². The molecule has 0 aliphatic heterocycles. The van der Waals surface area contributed by atoms with Crippen LogP contribution in [0, 0.1) is 0 Å². The monoisotopic (exact) mass is 327 g/mol. The molecule has 126 valence electrons. The summed E-state index contributed by atoms with van der Waals surface area (Å²) in [7, 11) is 1.68. The molecule has 0 bridgehead atoms. The first-order chi connectivity index (χ1) is 10.8. The zero-order valence-electron chi connectivity index (χ0n) is 14.0. The molecule has 0 radical (unpaired) electrons. The van der Waals surface area contributed by atoms with Gasteiger partial charge in [-0.3, -0.25) is 0 Å². The highest BCUT2D eigenvalue weighted by atomic mass is 32.1. The molecule has 5 nitrogen and oxygen atoms in total. The second-order valence-corrected chi connectivity index (χ2v) is 6.06. The van der Waals surface area contributed by atoms with Gasteiger partial charge in [-0.2, -0.15) is 0 Å². The Morgan fingerprint density at radius 1 is 1.14 bits per heavy atom. The van der Waals surface area contributed by atoms with Crippen LogP contribution in [-0.4, -0.2) is 46.0 Å². The molecule has 1 rings (SSSR count). The average molecular weight is 327 g/mol. The first-order valence-electron chi connectivity index (χ1n) is 7.96. The van der Waals surface area contributed by atoms with Gasteiger partial charge in [-0.05, 0) is 31.9 Å². The zero-order valence-corrected chi connectivity index (χ0v) is 14.8. The van der Waals surface area contributed by atoms with E-state index in [0.29, 0.717) is 13.2 Å². The minimum absolute atomic E-state index is 0.651. The summed E-state index contributed by atoms with van der Waals surface area (Å²) >= 11 is 1.84. The number of ether oxygens (including phenoxy) is 2. The fourth-order valence-electron chi connectivity index (χ4n) is 1.82. The molecule has 6 heteroatoms. The maximum atomic E-state index is 5.44. The molecule has 0 unspecified atom stereocenters. The van der Waals surface area contributed by atoms with Crippen molar-refractivity contribution in [2.24, 2.45) is 4.99 Å². The van der Waals surface area contributed by atoms with Crippen molar-refractivity contribution in [2.75, 3.05) is 40.0 Å². The SMILES string of the molecule is CCNC(=NCc1ccc(CC)s1)NCCCOCCOC. The van der Waals surface area contributed by atoms with Crippen LogP contribution in [0.5, 0.6) is 0 Å². The van der Waals surface area contributed by atoms with Crippen LogP contribution >= 0.6 is 11.3 Å². The second-order valence-electron chi connectivity index (χ2n) is 4.80. The lowest BCUT2D eigenvalue weighted by Crippen LogP contribution is -2.38. The van der Waals surface area contributed by atoms with Gasteiger partial charge in [0.15, 0.2) is 5.96 Å². The Bertz CT molecular complexity index is 421. The summed E-state index contributed by atoms with van der Waals surface area (Å²) < 4.78 is 10.4. The highest BCUT2D eigenvalue weighted by Gasteiger charge is 2.00. The Labute approximate surface area is 138 Å². The molecule has 0 fully saturated rings. The Balaban J connectivity index is 2.26. The summed E-state index contributed by atoms with van der Waals surface area (Å²) in [6.07, 6.45) is 2.04. The topological polar surface area (TPSA) is 54.9 Å². The lowest BCUT2D eigenvalue weighted by molar-refractivity contribution is 0.0698. The molecule has 1 heterocycles. The standard InChI is InChI=1S/C16H29N3O2S/c1-4-14-7-8-15(22-14)13-19-16(17-5-2)18-9-6-10-21-12-11-20-3/h7-8H,4-6,9-13H2,1-3H3,(H2,17,18,19). The zero-order chi connectivity index (χ0) is 16.0. The Morgan fingerprint density at radius 2 is 1.95 bits per heavy atom. The Morgan fingerprint density at radius 3 is 2.64 bits per heavy atom. The van der Waals surface area contributed by atoms with Crippen molar-refractivity contribution in [1.29, 1.82) is 0 Å². The van der Waals surface area contributed by atoms with Crippen molar-refractivity contribution in [1.82, 2.24) is 10.6 Å². The van der Waals surface area contributed by atoms with E-state index in [-0.39, 0.29) is 0 Å². The van der Waals surface area contributed by atoms with E-state index in [4.69, 9.17) is 9.47 Å². The van der Waals surface area contributed by atoms with Crippen LogP contribution in [0.3, 0.4) is 0 Å². The molecule has 2 N–H and O–H groups in total. The third-order valence-corrected chi connectivity index (χ3v) is 4.21. The van der Waals surface area contributed by atoms with Gasteiger partial charge in [0.25, 0.3) is 0 Å². The number of aryl methyl sites for hydroxylation is 1. The maximum absolute atomic E-state index is 5.44. The molecule has 0 spiro atoms. The van der Waals surface area contributed by atoms with Gasteiger partial charge in [0.1, 0.15) is 0 Å². The lowest BCUT2D eigenvalue weighted by Gasteiger charge is -2.11. The fraction of sp³-hybridized carbons (Fsp3) is 0.688. The van der Waals surface area contributed by atoms with Gasteiger partial charge >= 0.3 is 0 Å². The summed E-state index contributed by atoms with van der Waals surface area (Å²) in [4.78, 5) is 7.34. The Kier molecular flexibility index (Phi) is 10.7. The summed E-state index contributed by atoms with van der Waals surface area (Å²) in [6, 6.07) is 4.35. The molecule has 0 saturated carbocycles. The predicted molar refractivity (Wildman–Crippen MR) is 93.8 cm³/mol. The molecule has 1 aromatic rings. The highest BCUT2D eigenvalue weighted by Crippen LogP contribution is 2.17. The maximum Gasteiger partial charge on any atom is 0.191 e.